The molecule has 0 aliphatic heterocycles. The van der Waals surface area contributed by atoms with Crippen LogP contribution in [-0.4, -0.2) is 60.5 Å². The second kappa shape index (κ2) is 46.7. The Hall–Kier alpha value is -2.33. The van der Waals surface area contributed by atoms with Crippen molar-refractivity contribution in [2.75, 3.05) is 26.4 Å². The van der Waals surface area contributed by atoms with E-state index < -0.39 is 45.1 Å². The molecule has 3 unspecified atom stereocenters. The van der Waals surface area contributed by atoms with Crippen LogP contribution in [0.1, 0.15) is 213 Å². The highest BCUT2D eigenvalue weighted by atomic mass is 31.2. The zero-order valence-corrected chi connectivity index (χ0v) is 40.3. The van der Waals surface area contributed by atoms with Gasteiger partial charge >= 0.3 is 19.8 Å². The van der Waals surface area contributed by atoms with Crippen molar-refractivity contribution >= 4 is 19.8 Å². The van der Waals surface area contributed by atoms with E-state index in [0.717, 1.165) is 77.0 Å². The van der Waals surface area contributed by atoms with Crippen LogP contribution in [0.4, 0.5) is 0 Å². The molecule has 0 aliphatic carbocycles. The molecule has 10 nitrogen and oxygen atoms in total. The molecule has 0 saturated heterocycles. The van der Waals surface area contributed by atoms with Crippen LogP contribution < -0.4 is 5.73 Å². The lowest BCUT2D eigenvalue weighted by Crippen LogP contribution is -2.34. The number of carboxylic acids is 1. The first-order valence-electron chi connectivity index (χ1n) is 24.8. The lowest BCUT2D eigenvalue weighted by atomic mass is 10.0. The number of aliphatic carboxylic acids is 1. The van der Waals surface area contributed by atoms with Gasteiger partial charge in [-0.3, -0.25) is 18.6 Å². The number of nitrogens with two attached hydrogens (primary N) is 1. The van der Waals surface area contributed by atoms with Gasteiger partial charge in [0, 0.05) is 13.0 Å². The second-order valence-electron chi connectivity index (χ2n) is 16.6. The van der Waals surface area contributed by atoms with Crippen molar-refractivity contribution in [3.8, 4) is 0 Å². The van der Waals surface area contributed by atoms with Crippen LogP contribution in [0.15, 0.2) is 60.8 Å². The molecule has 0 fully saturated rings. The number of carbonyl (C=O) groups excluding carboxylic acids is 1. The van der Waals surface area contributed by atoms with Crippen LogP contribution in [0, 0.1) is 0 Å². The first kappa shape index (κ1) is 59.7. The number of phosphoric ester groups is 1. The van der Waals surface area contributed by atoms with E-state index in [1.807, 2.05) is 0 Å². The molecule has 0 saturated carbocycles. The predicted molar refractivity (Wildman–Crippen MR) is 258 cm³/mol. The van der Waals surface area contributed by atoms with Crippen LogP contribution >= 0.6 is 7.82 Å². The van der Waals surface area contributed by atoms with Crippen molar-refractivity contribution in [3.05, 3.63) is 60.8 Å². The summed E-state index contributed by atoms with van der Waals surface area (Å²) in [6.45, 7) is 3.78. The van der Waals surface area contributed by atoms with Crippen LogP contribution in [0.25, 0.3) is 0 Å². The summed E-state index contributed by atoms with van der Waals surface area (Å²) < 4.78 is 33.5. The lowest BCUT2D eigenvalue weighted by Gasteiger charge is -2.20. The van der Waals surface area contributed by atoms with E-state index in [1.54, 1.807) is 0 Å². The topological polar surface area (TPSA) is 155 Å². The molecule has 0 radical (unpaired) electrons. The number of carbonyl (C=O) groups is 2. The maximum absolute atomic E-state index is 12.7. The van der Waals surface area contributed by atoms with E-state index in [4.69, 9.17) is 29.4 Å². The summed E-state index contributed by atoms with van der Waals surface area (Å²) in [4.78, 5) is 33.7. The average molecular weight is 894 g/mol. The Kier molecular flexibility index (Phi) is 44.9. The summed E-state index contributed by atoms with van der Waals surface area (Å²) in [5.41, 5.74) is 5.37. The van der Waals surface area contributed by atoms with E-state index in [0.29, 0.717) is 13.0 Å². The summed E-state index contributed by atoms with van der Waals surface area (Å²) in [6.07, 6.45) is 57.0. The molecule has 0 rings (SSSR count). The molecule has 0 spiro atoms. The zero-order chi connectivity index (χ0) is 45.5. The first-order valence-corrected chi connectivity index (χ1v) is 26.3. The molecule has 0 heterocycles. The first-order chi connectivity index (χ1) is 30.2. The van der Waals surface area contributed by atoms with Crippen molar-refractivity contribution in [2.45, 2.75) is 225 Å². The number of allylic oxidation sites excluding steroid dienone is 10. The highest BCUT2D eigenvalue weighted by Gasteiger charge is 2.27. The number of esters is 1. The van der Waals surface area contributed by atoms with E-state index in [9.17, 15) is 19.0 Å². The number of hydrogen-bond acceptors (Lipinski definition) is 8. The van der Waals surface area contributed by atoms with E-state index in [2.05, 4.69) is 74.6 Å². The summed E-state index contributed by atoms with van der Waals surface area (Å²) in [6, 6.07) is -1.48. The summed E-state index contributed by atoms with van der Waals surface area (Å²) in [5.74, 6) is -1.79. The van der Waals surface area contributed by atoms with Crippen molar-refractivity contribution in [1.82, 2.24) is 0 Å². The summed E-state index contributed by atoms with van der Waals surface area (Å²) in [7, 11) is -4.62. The van der Waals surface area contributed by atoms with Gasteiger partial charge in [0.05, 0.1) is 19.8 Å². The third-order valence-electron chi connectivity index (χ3n) is 10.6. The minimum Gasteiger partial charge on any atom is -0.480 e. The summed E-state index contributed by atoms with van der Waals surface area (Å²) >= 11 is 0. The fourth-order valence-corrected chi connectivity index (χ4v) is 7.53. The SMILES string of the molecule is CC/C=C\C/C=C\C/C=C\C/C=C\C/C=C\CCCCCCCCCC(=O)OC(COCCCCCCCCCCCCCCCCCCC)COP(=O)(O)OCC(N)C(=O)O. The van der Waals surface area contributed by atoms with Crippen molar-refractivity contribution in [1.29, 1.82) is 0 Å². The molecule has 3 atom stereocenters. The Bertz CT molecular complexity index is 1220. The Labute approximate surface area is 379 Å². The number of phosphoric acid groups is 1. The minimum absolute atomic E-state index is 0.0128. The highest BCUT2D eigenvalue weighted by Crippen LogP contribution is 2.43. The van der Waals surface area contributed by atoms with Gasteiger partial charge in [0.15, 0.2) is 0 Å². The number of rotatable bonds is 47. The summed E-state index contributed by atoms with van der Waals surface area (Å²) in [5, 5.41) is 8.92. The molecule has 360 valence electrons. The Morgan fingerprint density at radius 3 is 1.40 bits per heavy atom. The number of carboxylic acid groups (broad SMARTS) is 1. The lowest BCUT2D eigenvalue weighted by molar-refractivity contribution is -0.154. The van der Waals surface area contributed by atoms with E-state index in [1.165, 1.54) is 109 Å². The van der Waals surface area contributed by atoms with Gasteiger partial charge in [0.2, 0.25) is 0 Å². The number of ether oxygens (including phenoxy) is 2. The van der Waals surface area contributed by atoms with E-state index >= 15 is 0 Å². The fraction of sp³-hybridized carbons (Fsp3) is 0.765. The average Bonchev–Trinajstić information content (AvgIpc) is 3.25. The number of unbranched alkanes of at least 4 members (excludes halogenated alkanes) is 23. The molecule has 0 aromatic carbocycles. The van der Waals surface area contributed by atoms with Gasteiger partial charge in [-0.1, -0.05) is 209 Å². The van der Waals surface area contributed by atoms with Gasteiger partial charge < -0.3 is 25.2 Å². The Morgan fingerprint density at radius 1 is 0.532 bits per heavy atom. The fourth-order valence-electron chi connectivity index (χ4n) is 6.75. The molecule has 0 aromatic rings. The quantitative estimate of drug-likeness (QED) is 0.0233. The van der Waals surface area contributed by atoms with Gasteiger partial charge in [-0.15, -0.1) is 0 Å². The molecular formula is C51H92NO9P. The van der Waals surface area contributed by atoms with Crippen molar-refractivity contribution < 1.29 is 42.7 Å². The maximum Gasteiger partial charge on any atom is 0.472 e. The molecule has 4 N–H and O–H groups in total. The standard InChI is InChI=1S/C51H92NO9P/c1-3-5-7-9-11-13-15-17-19-21-22-23-24-25-26-27-29-31-33-35-37-39-41-43-50(53)61-48(46-59-62(56,57)60-47-49(52)51(54)55)45-58-44-42-40-38-36-34-32-30-28-20-18-16-14-12-10-8-6-4-2/h5,7,11,13,17,19,22-23,25-26,48-49H,3-4,6,8-10,12,14-16,18,20-21,24,27-47,52H2,1-2H3,(H,54,55)(H,56,57)/b7-5-,13-11-,19-17-,23-22-,26-25-. The van der Waals surface area contributed by atoms with Gasteiger partial charge in [-0.2, -0.15) is 0 Å². The second-order valence-corrected chi connectivity index (χ2v) is 18.0. The molecule has 0 aliphatic rings. The minimum atomic E-state index is -4.62. The van der Waals surface area contributed by atoms with Gasteiger partial charge in [-0.25, -0.2) is 4.57 Å². The zero-order valence-electron chi connectivity index (χ0n) is 39.5. The van der Waals surface area contributed by atoms with Crippen molar-refractivity contribution in [3.63, 3.8) is 0 Å². The van der Waals surface area contributed by atoms with Crippen LogP contribution in [0.3, 0.4) is 0 Å². The van der Waals surface area contributed by atoms with Gasteiger partial charge in [-0.05, 0) is 57.8 Å². The normalized spacial score (nSPS) is 14.3. The molecule has 11 heteroatoms. The Morgan fingerprint density at radius 2 is 0.935 bits per heavy atom. The molecule has 0 bridgehead atoms. The van der Waals surface area contributed by atoms with Crippen LogP contribution in [0.2, 0.25) is 0 Å². The van der Waals surface area contributed by atoms with E-state index in [-0.39, 0.29) is 13.0 Å². The van der Waals surface area contributed by atoms with Crippen molar-refractivity contribution in [2.24, 2.45) is 5.73 Å². The molecule has 0 amide bonds. The van der Waals surface area contributed by atoms with Gasteiger partial charge in [0.25, 0.3) is 0 Å². The predicted octanol–water partition coefficient (Wildman–Crippen LogP) is 14.4. The smallest absolute Gasteiger partial charge is 0.472 e. The number of hydrogen-bond donors (Lipinski definition) is 3. The third-order valence-corrected chi connectivity index (χ3v) is 11.5. The van der Waals surface area contributed by atoms with Crippen LogP contribution in [-0.2, 0) is 32.7 Å². The Balaban J connectivity index is 4.18. The molecule has 62 heavy (non-hydrogen) atoms. The van der Waals surface area contributed by atoms with Gasteiger partial charge in [0.1, 0.15) is 12.1 Å². The monoisotopic (exact) mass is 894 g/mol. The highest BCUT2D eigenvalue weighted by molar-refractivity contribution is 7.47. The maximum atomic E-state index is 12.7. The van der Waals surface area contributed by atoms with Crippen LogP contribution in [0.5, 0.6) is 0 Å². The largest absolute Gasteiger partial charge is 0.480 e. The molecule has 0 aromatic heterocycles. The molecular weight excluding hydrogens is 802 g/mol. The third kappa shape index (κ3) is 45.7.